The lowest BCUT2D eigenvalue weighted by molar-refractivity contribution is 0.183. The number of methoxy groups -OCH3 is 1. The topological polar surface area (TPSA) is 21.3 Å². The molecule has 1 saturated carbocycles. The van der Waals surface area contributed by atoms with Crippen molar-refractivity contribution in [3.63, 3.8) is 0 Å². The summed E-state index contributed by atoms with van der Waals surface area (Å²) in [7, 11) is 3.85. The van der Waals surface area contributed by atoms with Crippen LogP contribution in [0, 0.1) is 12.3 Å². The van der Waals surface area contributed by atoms with Gasteiger partial charge in [0, 0.05) is 6.54 Å². The third-order valence-electron chi connectivity index (χ3n) is 4.47. The molecule has 0 atom stereocenters. The Hall–Kier alpha value is -1.02. The number of nitrogens with one attached hydrogen (secondary N) is 1. The van der Waals surface area contributed by atoms with Crippen LogP contribution in [0.3, 0.4) is 0 Å². The first-order valence-electron chi connectivity index (χ1n) is 7.47. The van der Waals surface area contributed by atoms with E-state index in [-0.39, 0.29) is 0 Å². The molecule has 1 aromatic rings. The lowest BCUT2D eigenvalue weighted by Crippen LogP contribution is -2.36. The highest BCUT2D eigenvalue weighted by atomic mass is 16.5. The molecule has 1 aliphatic rings. The average molecular weight is 261 g/mol. The second-order valence-electron chi connectivity index (χ2n) is 6.08. The molecular formula is C17H27NO. The van der Waals surface area contributed by atoms with Gasteiger partial charge >= 0.3 is 0 Å². The highest BCUT2D eigenvalue weighted by Crippen LogP contribution is 2.40. The van der Waals surface area contributed by atoms with Gasteiger partial charge in [-0.05, 0) is 50.3 Å². The summed E-state index contributed by atoms with van der Waals surface area (Å²) in [4.78, 5) is 0. The molecule has 0 radical (unpaired) electrons. The van der Waals surface area contributed by atoms with E-state index in [1.165, 1.54) is 43.2 Å². The van der Waals surface area contributed by atoms with E-state index in [9.17, 15) is 0 Å². The molecular weight excluding hydrogens is 234 g/mol. The first-order chi connectivity index (χ1) is 9.19. The predicted molar refractivity (Wildman–Crippen MR) is 80.9 cm³/mol. The van der Waals surface area contributed by atoms with Crippen molar-refractivity contribution in [2.75, 3.05) is 20.7 Å². The molecule has 0 bridgehead atoms. The van der Waals surface area contributed by atoms with Crippen LogP contribution in [0.25, 0.3) is 0 Å². The summed E-state index contributed by atoms with van der Waals surface area (Å²) in [6, 6.07) is 6.54. The monoisotopic (exact) mass is 261 g/mol. The van der Waals surface area contributed by atoms with E-state index >= 15 is 0 Å². The van der Waals surface area contributed by atoms with Crippen LogP contribution in [0.1, 0.15) is 43.2 Å². The molecule has 1 aromatic carbocycles. The number of aryl methyl sites for hydroxylation is 1. The third-order valence-corrected chi connectivity index (χ3v) is 4.47. The third kappa shape index (κ3) is 3.50. The first-order valence-corrected chi connectivity index (χ1v) is 7.47. The molecule has 1 aliphatic carbocycles. The minimum absolute atomic E-state index is 0.425. The largest absolute Gasteiger partial charge is 0.496 e. The molecule has 2 rings (SSSR count). The van der Waals surface area contributed by atoms with Gasteiger partial charge in [0.15, 0.2) is 0 Å². The van der Waals surface area contributed by atoms with Gasteiger partial charge < -0.3 is 10.1 Å². The van der Waals surface area contributed by atoms with Crippen molar-refractivity contribution >= 4 is 0 Å². The average Bonchev–Trinajstić information content (AvgIpc) is 2.40. The van der Waals surface area contributed by atoms with Gasteiger partial charge in [-0.25, -0.2) is 0 Å². The van der Waals surface area contributed by atoms with Crippen LogP contribution >= 0.6 is 0 Å². The molecule has 19 heavy (non-hydrogen) atoms. The van der Waals surface area contributed by atoms with Crippen LogP contribution in [0.15, 0.2) is 18.2 Å². The summed E-state index contributed by atoms with van der Waals surface area (Å²) in [6.45, 7) is 3.28. The first kappa shape index (κ1) is 14.4. The van der Waals surface area contributed by atoms with E-state index < -0.39 is 0 Å². The summed E-state index contributed by atoms with van der Waals surface area (Å²) in [6.07, 6.45) is 7.95. The Balaban J connectivity index is 2.23. The van der Waals surface area contributed by atoms with E-state index in [1.807, 2.05) is 0 Å². The molecule has 0 amide bonds. The molecule has 0 aliphatic heterocycles. The molecule has 0 spiro atoms. The molecule has 1 N–H and O–H groups in total. The fourth-order valence-corrected chi connectivity index (χ4v) is 3.54. The summed E-state index contributed by atoms with van der Waals surface area (Å²) < 4.78 is 5.54. The molecule has 1 fully saturated rings. The quantitative estimate of drug-likeness (QED) is 0.872. The number of hydrogen-bond acceptors (Lipinski definition) is 2. The van der Waals surface area contributed by atoms with Crippen LogP contribution in [0.4, 0.5) is 0 Å². The van der Waals surface area contributed by atoms with Gasteiger partial charge in [0.2, 0.25) is 0 Å². The molecule has 106 valence electrons. The van der Waals surface area contributed by atoms with E-state index in [0.717, 1.165) is 18.7 Å². The van der Waals surface area contributed by atoms with Crippen molar-refractivity contribution in [3.8, 4) is 5.75 Å². The fraction of sp³-hybridized carbons (Fsp3) is 0.647. The maximum atomic E-state index is 5.54. The van der Waals surface area contributed by atoms with Crippen molar-refractivity contribution in [1.29, 1.82) is 0 Å². The standard InChI is InChI=1S/C17H27NO/c1-14-7-8-16(19-3)15(11-14)12-17(13-18-2)9-5-4-6-10-17/h7-8,11,18H,4-6,9-10,12-13H2,1-3H3. The number of rotatable bonds is 5. The van der Waals surface area contributed by atoms with E-state index in [0.29, 0.717) is 5.41 Å². The van der Waals surface area contributed by atoms with Gasteiger partial charge in [0.05, 0.1) is 7.11 Å². The minimum atomic E-state index is 0.425. The van der Waals surface area contributed by atoms with Gasteiger partial charge in [-0.3, -0.25) is 0 Å². The van der Waals surface area contributed by atoms with Crippen molar-refractivity contribution in [3.05, 3.63) is 29.3 Å². The SMILES string of the molecule is CNCC1(Cc2cc(C)ccc2OC)CCCCC1. The predicted octanol–water partition coefficient (Wildman–Crippen LogP) is 3.72. The summed E-state index contributed by atoms with van der Waals surface area (Å²) in [5.74, 6) is 1.05. The Bertz CT molecular complexity index is 402. The fourth-order valence-electron chi connectivity index (χ4n) is 3.54. The molecule has 0 unspecified atom stereocenters. The Kier molecular flexibility index (Phi) is 4.87. The van der Waals surface area contributed by atoms with Gasteiger partial charge in [0.1, 0.15) is 5.75 Å². The number of hydrogen-bond donors (Lipinski definition) is 1. The van der Waals surface area contributed by atoms with Crippen molar-refractivity contribution in [2.45, 2.75) is 45.4 Å². The van der Waals surface area contributed by atoms with Gasteiger partial charge in [-0.2, -0.15) is 0 Å². The Morgan fingerprint density at radius 1 is 1.21 bits per heavy atom. The zero-order valence-electron chi connectivity index (χ0n) is 12.6. The van der Waals surface area contributed by atoms with Crippen molar-refractivity contribution in [1.82, 2.24) is 5.32 Å². The zero-order valence-corrected chi connectivity index (χ0v) is 12.6. The second-order valence-corrected chi connectivity index (χ2v) is 6.08. The van der Waals surface area contributed by atoms with E-state index in [4.69, 9.17) is 4.74 Å². The smallest absolute Gasteiger partial charge is 0.122 e. The van der Waals surface area contributed by atoms with Gasteiger partial charge in [-0.1, -0.05) is 37.0 Å². The summed E-state index contributed by atoms with van der Waals surface area (Å²) in [5, 5.41) is 3.41. The van der Waals surface area contributed by atoms with E-state index in [2.05, 4.69) is 37.5 Å². The van der Waals surface area contributed by atoms with Crippen LogP contribution in [-0.4, -0.2) is 20.7 Å². The Morgan fingerprint density at radius 3 is 2.58 bits per heavy atom. The molecule has 2 nitrogen and oxygen atoms in total. The maximum absolute atomic E-state index is 5.54. The zero-order chi connectivity index (χ0) is 13.7. The molecule has 0 heterocycles. The van der Waals surface area contributed by atoms with Crippen LogP contribution in [0.5, 0.6) is 5.75 Å². The Labute approximate surface area is 117 Å². The maximum Gasteiger partial charge on any atom is 0.122 e. The normalized spacial score (nSPS) is 18.3. The van der Waals surface area contributed by atoms with Crippen LogP contribution in [-0.2, 0) is 6.42 Å². The summed E-state index contributed by atoms with van der Waals surface area (Å²) in [5.41, 5.74) is 3.12. The highest BCUT2D eigenvalue weighted by Gasteiger charge is 2.32. The lowest BCUT2D eigenvalue weighted by atomic mass is 9.70. The number of ether oxygens (including phenoxy) is 1. The number of benzene rings is 1. The lowest BCUT2D eigenvalue weighted by Gasteiger charge is -2.38. The highest BCUT2D eigenvalue weighted by molar-refractivity contribution is 5.37. The van der Waals surface area contributed by atoms with Gasteiger partial charge in [-0.15, -0.1) is 0 Å². The van der Waals surface area contributed by atoms with Crippen molar-refractivity contribution < 1.29 is 4.74 Å². The van der Waals surface area contributed by atoms with E-state index in [1.54, 1.807) is 7.11 Å². The van der Waals surface area contributed by atoms with Crippen molar-refractivity contribution in [2.24, 2.45) is 5.41 Å². The minimum Gasteiger partial charge on any atom is -0.496 e. The molecule has 0 aromatic heterocycles. The summed E-state index contributed by atoms with van der Waals surface area (Å²) >= 11 is 0. The molecule has 0 saturated heterocycles. The van der Waals surface area contributed by atoms with Crippen LogP contribution < -0.4 is 10.1 Å². The molecule has 2 heteroatoms. The van der Waals surface area contributed by atoms with Crippen LogP contribution in [0.2, 0.25) is 0 Å². The van der Waals surface area contributed by atoms with Gasteiger partial charge in [0.25, 0.3) is 0 Å². The Morgan fingerprint density at radius 2 is 1.95 bits per heavy atom. The second kappa shape index (κ2) is 6.42.